The number of nitrogens with one attached hydrogen (secondary N) is 2. The lowest BCUT2D eigenvalue weighted by Crippen LogP contribution is -2.25. The van der Waals surface area contributed by atoms with Crippen LogP contribution in [0.2, 0.25) is 0 Å². The number of hydrogen-bond donors (Lipinski definition) is 2. The molecule has 0 atom stereocenters. The number of rotatable bonds is 7. The van der Waals surface area contributed by atoms with Gasteiger partial charge in [0.2, 0.25) is 10.0 Å². The van der Waals surface area contributed by atoms with E-state index in [0.717, 1.165) is 23.4 Å². The number of aryl methyl sites for hydroxylation is 1. The lowest BCUT2D eigenvalue weighted by Gasteiger charge is -2.16. The van der Waals surface area contributed by atoms with Gasteiger partial charge in [-0.1, -0.05) is 6.08 Å². The quantitative estimate of drug-likeness (QED) is 0.712. The number of sulfonamides is 1. The Morgan fingerprint density at radius 3 is 2.52 bits per heavy atom. The molecular formula is C19H22FN3O3S. The van der Waals surface area contributed by atoms with Gasteiger partial charge in [-0.15, -0.1) is 6.58 Å². The zero-order valence-corrected chi connectivity index (χ0v) is 16.2. The highest BCUT2D eigenvalue weighted by Crippen LogP contribution is 2.23. The highest BCUT2D eigenvalue weighted by Gasteiger charge is 2.21. The molecule has 8 heteroatoms. The molecule has 0 radical (unpaired) electrons. The minimum Gasteiger partial charge on any atom is -0.378 e. The van der Waals surface area contributed by atoms with E-state index in [0.29, 0.717) is 5.69 Å². The predicted molar refractivity (Wildman–Crippen MR) is 105 cm³/mol. The van der Waals surface area contributed by atoms with Crippen molar-refractivity contribution >= 4 is 27.3 Å². The van der Waals surface area contributed by atoms with Crippen LogP contribution in [-0.2, 0) is 10.0 Å². The second-order valence-corrected chi connectivity index (χ2v) is 7.87. The molecule has 144 valence electrons. The van der Waals surface area contributed by atoms with Crippen LogP contribution in [0.4, 0.5) is 15.8 Å². The molecule has 1 amide bonds. The third-order valence-electron chi connectivity index (χ3n) is 3.88. The first-order valence-corrected chi connectivity index (χ1v) is 9.63. The van der Waals surface area contributed by atoms with E-state index in [2.05, 4.69) is 16.6 Å². The number of anilines is 2. The van der Waals surface area contributed by atoms with Crippen LogP contribution in [0, 0.1) is 12.7 Å². The lowest BCUT2D eigenvalue weighted by atomic mass is 10.1. The molecule has 2 aromatic rings. The van der Waals surface area contributed by atoms with Gasteiger partial charge >= 0.3 is 0 Å². The Morgan fingerprint density at radius 1 is 1.22 bits per heavy atom. The predicted octanol–water partition coefficient (Wildman–Crippen LogP) is 2.92. The van der Waals surface area contributed by atoms with E-state index in [1.54, 1.807) is 6.07 Å². The van der Waals surface area contributed by atoms with Gasteiger partial charge in [0, 0.05) is 37.6 Å². The van der Waals surface area contributed by atoms with Crippen molar-refractivity contribution in [2.24, 2.45) is 0 Å². The van der Waals surface area contributed by atoms with E-state index in [4.69, 9.17) is 0 Å². The molecular weight excluding hydrogens is 369 g/mol. The van der Waals surface area contributed by atoms with Crippen molar-refractivity contribution in [3.8, 4) is 0 Å². The third-order valence-corrected chi connectivity index (χ3v) is 5.31. The summed E-state index contributed by atoms with van der Waals surface area (Å²) in [5.74, 6) is -1.47. The molecule has 0 saturated heterocycles. The first-order chi connectivity index (χ1) is 12.7. The molecule has 0 aliphatic carbocycles. The number of carbonyl (C=O) groups is 1. The summed E-state index contributed by atoms with van der Waals surface area (Å²) in [7, 11) is -0.266. The molecule has 0 spiro atoms. The molecule has 2 N–H and O–H groups in total. The standard InChI is InChI=1S/C19H22FN3O3S/c1-5-10-21-27(25,26)18-12-14(6-8-16(18)20)19(24)22-17-9-7-15(23(3)4)11-13(17)2/h5-9,11-12,21H,1,10H2,2-4H3,(H,22,24). The van der Waals surface area contributed by atoms with Gasteiger partial charge in [-0.25, -0.2) is 17.5 Å². The number of halogens is 1. The lowest BCUT2D eigenvalue weighted by molar-refractivity contribution is 0.102. The van der Waals surface area contributed by atoms with Crippen LogP contribution >= 0.6 is 0 Å². The Balaban J connectivity index is 2.30. The van der Waals surface area contributed by atoms with Crippen LogP contribution in [0.1, 0.15) is 15.9 Å². The Morgan fingerprint density at radius 2 is 1.93 bits per heavy atom. The number of hydrogen-bond acceptors (Lipinski definition) is 4. The van der Waals surface area contributed by atoms with Crippen molar-refractivity contribution in [3.63, 3.8) is 0 Å². The van der Waals surface area contributed by atoms with Crippen LogP contribution in [0.3, 0.4) is 0 Å². The first kappa shape index (κ1) is 20.6. The number of amides is 1. The topological polar surface area (TPSA) is 78.5 Å². The fourth-order valence-corrected chi connectivity index (χ4v) is 3.46. The summed E-state index contributed by atoms with van der Waals surface area (Å²) in [6.07, 6.45) is 1.34. The summed E-state index contributed by atoms with van der Waals surface area (Å²) in [6.45, 7) is 5.21. The third kappa shape index (κ3) is 4.93. The average molecular weight is 391 g/mol. The molecule has 2 rings (SSSR count). The molecule has 0 aliphatic heterocycles. The van der Waals surface area contributed by atoms with Gasteiger partial charge in [-0.05, 0) is 48.9 Å². The molecule has 6 nitrogen and oxygen atoms in total. The summed E-state index contributed by atoms with van der Waals surface area (Å²) < 4.78 is 40.5. The minimum absolute atomic E-state index is 0.0338. The normalized spacial score (nSPS) is 11.1. The van der Waals surface area contributed by atoms with Crippen molar-refractivity contribution in [1.82, 2.24) is 4.72 Å². The van der Waals surface area contributed by atoms with Crippen LogP contribution in [0.15, 0.2) is 53.9 Å². The zero-order valence-electron chi connectivity index (χ0n) is 15.4. The van der Waals surface area contributed by atoms with E-state index in [1.807, 2.05) is 38.1 Å². The Kier molecular flexibility index (Phi) is 6.35. The zero-order chi connectivity index (χ0) is 20.2. The second-order valence-electron chi connectivity index (χ2n) is 6.13. The maximum Gasteiger partial charge on any atom is 0.255 e. The molecule has 2 aromatic carbocycles. The molecule has 0 aromatic heterocycles. The van der Waals surface area contributed by atoms with Crippen molar-refractivity contribution in [2.75, 3.05) is 30.9 Å². The van der Waals surface area contributed by atoms with Crippen LogP contribution in [-0.4, -0.2) is 35.0 Å². The number of carbonyl (C=O) groups excluding carboxylic acids is 1. The summed E-state index contributed by atoms with van der Waals surface area (Å²) in [6, 6.07) is 8.73. The van der Waals surface area contributed by atoms with Crippen molar-refractivity contribution in [2.45, 2.75) is 11.8 Å². The summed E-state index contributed by atoms with van der Waals surface area (Å²) in [5.41, 5.74) is 2.45. The summed E-state index contributed by atoms with van der Waals surface area (Å²) in [5, 5.41) is 2.72. The highest BCUT2D eigenvalue weighted by molar-refractivity contribution is 7.89. The molecule has 0 unspecified atom stereocenters. The van der Waals surface area contributed by atoms with E-state index in [1.165, 1.54) is 12.1 Å². The highest BCUT2D eigenvalue weighted by atomic mass is 32.2. The smallest absolute Gasteiger partial charge is 0.255 e. The van der Waals surface area contributed by atoms with Gasteiger partial charge in [0.05, 0.1) is 0 Å². The Labute approximate surface area is 158 Å². The largest absolute Gasteiger partial charge is 0.378 e. The van der Waals surface area contributed by atoms with Crippen LogP contribution in [0.5, 0.6) is 0 Å². The number of benzene rings is 2. The van der Waals surface area contributed by atoms with E-state index < -0.39 is 26.6 Å². The van der Waals surface area contributed by atoms with Crippen LogP contribution < -0.4 is 14.9 Å². The van der Waals surface area contributed by atoms with Gasteiger partial charge in [0.1, 0.15) is 10.7 Å². The Bertz CT molecular complexity index is 972. The molecule has 27 heavy (non-hydrogen) atoms. The van der Waals surface area contributed by atoms with Crippen molar-refractivity contribution in [1.29, 1.82) is 0 Å². The van der Waals surface area contributed by atoms with Gasteiger partial charge in [0.15, 0.2) is 0 Å². The number of nitrogens with zero attached hydrogens (tertiary/aromatic N) is 1. The monoisotopic (exact) mass is 391 g/mol. The Hall–Kier alpha value is -2.71. The van der Waals surface area contributed by atoms with E-state index in [9.17, 15) is 17.6 Å². The molecule has 0 bridgehead atoms. The average Bonchev–Trinajstić information content (AvgIpc) is 2.61. The van der Waals surface area contributed by atoms with Gasteiger partial charge in [-0.3, -0.25) is 4.79 Å². The summed E-state index contributed by atoms with van der Waals surface area (Å²) >= 11 is 0. The van der Waals surface area contributed by atoms with E-state index in [-0.39, 0.29) is 12.1 Å². The maximum absolute atomic E-state index is 14.0. The van der Waals surface area contributed by atoms with Crippen LogP contribution in [0.25, 0.3) is 0 Å². The summed E-state index contributed by atoms with van der Waals surface area (Å²) in [4.78, 5) is 13.9. The fraction of sp³-hybridized carbons (Fsp3) is 0.211. The van der Waals surface area contributed by atoms with Crippen molar-refractivity contribution in [3.05, 3.63) is 66.0 Å². The second kappa shape index (κ2) is 8.32. The molecule has 0 saturated carbocycles. The van der Waals surface area contributed by atoms with Crippen molar-refractivity contribution < 1.29 is 17.6 Å². The van der Waals surface area contributed by atoms with Gasteiger partial charge < -0.3 is 10.2 Å². The molecule has 0 heterocycles. The molecule has 0 aliphatic rings. The fourth-order valence-electron chi connectivity index (χ4n) is 2.36. The minimum atomic E-state index is -4.09. The van der Waals surface area contributed by atoms with Gasteiger partial charge in [-0.2, -0.15) is 0 Å². The maximum atomic E-state index is 14.0. The van der Waals surface area contributed by atoms with Gasteiger partial charge in [0.25, 0.3) is 5.91 Å². The first-order valence-electron chi connectivity index (χ1n) is 8.15. The SMILES string of the molecule is C=CCNS(=O)(=O)c1cc(C(=O)Nc2ccc(N(C)C)cc2C)ccc1F. The molecule has 0 fully saturated rings. The van der Waals surface area contributed by atoms with E-state index >= 15 is 0 Å².